The summed E-state index contributed by atoms with van der Waals surface area (Å²) in [5.41, 5.74) is 0. The van der Waals surface area contributed by atoms with Gasteiger partial charge in [-0.05, 0) is 59.2 Å². The van der Waals surface area contributed by atoms with Crippen LogP contribution in [0.2, 0.25) is 0 Å². The highest BCUT2D eigenvalue weighted by Crippen LogP contribution is 2.22. The molecule has 0 rings (SSSR count). The molecule has 0 heterocycles. The van der Waals surface area contributed by atoms with Crippen molar-refractivity contribution in [2.75, 3.05) is 27.2 Å². The average molecular weight is 596 g/mol. The number of nitrogens with zero attached hydrogens (tertiary/aromatic N) is 1. The molecule has 0 fully saturated rings. The highest BCUT2D eigenvalue weighted by molar-refractivity contribution is 5.72. The lowest BCUT2D eigenvalue weighted by Gasteiger charge is -2.21. The van der Waals surface area contributed by atoms with Gasteiger partial charge in [0.1, 0.15) is 12.7 Å². The number of carbonyl (C=O) groups is 2. The molecular weight excluding hydrogens is 522 g/mol. The Kier molecular flexibility index (Phi) is 30.5. The van der Waals surface area contributed by atoms with Crippen LogP contribution in [0.3, 0.4) is 0 Å². The van der Waals surface area contributed by atoms with Crippen LogP contribution in [-0.4, -0.2) is 50.2 Å². The van der Waals surface area contributed by atoms with E-state index in [0.717, 1.165) is 64.3 Å². The predicted molar refractivity (Wildman–Crippen MR) is 180 cm³/mol. The monoisotopic (exact) mass is 596 g/mol. The third-order valence-corrected chi connectivity index (χ3v) is 8.47. The molecule has 42 heavy (non-hydrogen) atoms. The largest absolute Gasteiger partial charge is 0.462 e. The molecule has 0 amide bonds. The quantitative estimate of drug-likeness (QED) is 0.0572. The molecule has 0 aliphatic heterocycles. The van der Waals surface area contributed by atoms with E-state index in [0.29, 0.717) is 6.42 Å². The lowest BCUT2D eigenvalue weighted by atomic mass is 9.94. The van der Waals surface area contributed by atoms with E-state index in [-0.39, 0.29) is 30.6 Å². The van der Waals surface area contributed by atoms with E-state index in [1.807, 2.05) is 0 Å². The van der Waals surface area contributed by atoms with Crippen molar-refractivity contribution < 1.29 is 19.1 Å². The summed E-state index contributed by atoms with van der Waals surface area (Å²) in [6, 6.07) is 0. The van der Waals surface area contributed by atoms with Gasteiger partial charge in [-0.1, -0.05) is 143 Å². The van der Waals surface area contributed by atoms with Crippen LogP contribution in [0.4, 0.5) is 0 Å². The van der Waals surface area contributed by atoms with Gasteiger partial charge in [-0.25, -0.2) is 0 Å². The smallest absolute Gasteiger partial charge is 0.309 e. The fourth-order valence-electron chi connectivity index (χ4n) is 5.64. The van der Waals surface area contributed by atoms with Crippen LogP contribution in [0.5, 0.6) is 0 Å². The first-order valence-corrected chi connectivity index (χ1v) is 18.4. The molecule has 0 aromatic rings. The zero-order chi connectivity index (χ0) is 31.1. The molecule has 0 spiro atoms. The SMILES string of the molecule is CCCCCCCCCCC(COC(=O)C(CCCCCCC)CCCCCCCCC)OC(=O)CCCCN(C)C. The molecule has 250 valence electrons. The van der Waals surface area contributed by atoms with E-state index < -0.39 is 0 Å². The third-order valence-electron chi connectivity index (χ3n) is 8.47. The molecule has 0 radical (unpaired) electrons. The van der Waals surface area contributed by atoms with Gasteiger partial charge in [0.2, 0.25) is 0 Å². The van der Waals surface area contributed by atoms with Gasteiger partial charge in [-0.3, -0.25) is 9.59 Å². The van der Waals surface area contributed by atoms with Gasteiger partial charge in [0.25, 0.3) is 0 Å². The summed E-state index contributed by atoms with van der Waals surface area (Å²) in [5, 5.41) is 0. The van der Waals surface area contributed by atoms with Gasteiger partial charge >= 0.3 is 11.9 Å². The van der Waals surface area contributed by atoms with Gasteiger partial charge in [-0.15, -0.1) is 0 Å². The second-order valence-electron chi connectivity index (χ2n) is 13.1. The van der Waals surface area contributed by atoms with Crippen LogP contribution in [0.15, 0.2) is 0 Å². The number of hydrogen-bond donors (Lipinski definition) is 0. The van der Waals surface area contributed by atoms with E-state index in [9.17, 15) is 9.59 Å². The Balaban J connectivity index is 4.83. The number of rotatable bonds is 32. The molecule has 0 saturated heterocycles. The highest BCUT2D eigenvalue weighted by atomic mass is 16.6. The number of esters is 2. The van der Waals surface area contributed by atoms with E-state index in [2.05, 4.69) is 39.8 Å². The van der Waals surface area contributed by atoms with E-state index >= 15 is 0 Å². The van der Waals surface area contributed by atoms with Crippen LogP contribution >= 0.6 is 0 Å². The maximum absolute atomic E-state index is 13.3. The fourth-order valence-corrected chi connectivity index (χ4v) is 5.64. The fraction of sp³-hybridized carbons (Fsp3) is 0.946. The first kappa shape index (κ1) is 40.9. The molecule has 0 aromatic heterocycles. The lowest BCUT2D eigenvalue weighted by Crippen LogP contribution is -2.28. The lowest BCUT2D eigenvalue weighted by molar-refractivity contribution is -0.162. The maximum Gasteiger partial charge on any atom is 0.309 e. The Morgan fingerprint density at radius 2 is 0.976 bits per heavy atom. The Labute approximate surface area is 262 Å². The minimum atomic E-state index is -0.320. The molecule has 0 saturated carbocycles. The third kappa shape index (κ3) is 27.7. The Bertz CT molecular complexity index is 594. The Morgan fingerprint density at radius 1 is 0.548 bits per heavy atom. The first-order valence-electron chi connectivity index (χ1n) is 18.4. The molecule has 0 bridgehead atoms. The highest BCUT2D eigenvalue weighted by Gasteiger charge is 2.22. The van der Waals surface area contributed by atoms with E-state index in [1.54, 1.807) is 0 Å². The van der Waals surface area contributed by atoms with Crippen molar-refractivity contribution in [2.24, 2.45) is 5.92 Å². The summed E-state index contributed by atoms with van der Waals surface area (Å²) < 4.78 is 11.8. The van der Waals surface area contributed by atoms with Gasteiger partial charge in [0, 0.05) is 6.42 Å². The molecule has 2 unspecified atom stereocenters. The van der Waals surface area contributed by atoms with Gasteiger partial charge in [0.05, 0.1) is 5.92 Å². The normalized spacial score (nSPS) is 12.9. The Hall–Kier alpha value is -1.10. The summed E-state index contributed by atoms with van der Waals surface area (Å²) >= 11 is 0. The van der Waals surface area contributed by atoms with Crippen LogP contribution in [0.1, 0.15) is 188 Å². The van der Waals surface area contributed by atoms with Crippen molar-refractivity contribution in [1.29, 1.82) is 0 Å². The average Bonchev–Trinajstić information content (AvgIpc) is 2.97. The van der Waals surface area contributed by atoms with Crippen molar-refractivity contribution >= 4 is 11.9 Å². The van der Waals surface area contributed by atoms with Crippen molar-refractivity contribution in [3.63, 3.8) is 0 Å². The second kappa shape index (κ2) is 31.3. The summed E-state index contributed by atoms with van der Waals surface area (Å²) in [6.45, 7) is 7.93. The first-order chi connectivity index (χ1) is 20.4. The van der Waals surface area contributed by atoms with Gasteiger partial charge in [-0.2, -0.15) is 0 Å². The standard InChI is InChI=1S/C37H73NO4/c1-6-9-12-15-17-19-22-25-30-35(42-36(39)31-26-27-32-38(4)5)33-41-37(40)34(28-23-20-14-11-8-3)29-24-21-18-16-13-10-7-2/h34-35H,6-33H2,1-5H3. The van der Waals surface area contributed by atoms with E-state index in [4.69, 9.17) is 9.47 Å². The summed E-state index contributed by atoms with van der Waals surface area (Å²) in [5.74, 6) is -0.239. The van der Waals surface area contributed by atoms with Crippen molar-refractivity contribution in [3.05, 3.63) is 0 Å². The number of unbranched alkanes of at least 4 members (excludes halogenated alkanes) is 18. The maximum atomic E-state index is 13.3. The van der Waals surface area contributed by atoms with Crippen LogP contribution in [0, 0.1) is 5.92 Å². The van der Waals surface area contributed by atoms with Crippen LogP contribution < -0.4 is 0 Å². The van der Waals surface area contributed by atoms with E-state index in [1.165, 1.54) is 103 Å². The molecule has 0 N–H and O–H groups in total. The molecular formula is C37H73NO4. The second-order valence-corrected chi connectivity index (χ2v) is 13.1. The molecule has 5 nitrogen and oxygen atoms in total. The Morgan fingerprint density at radius 3 is 1.43 bits per heavy atom. The van der Waals surface area contributed by atoms with Crippen molar-refractivity contribution in [2.45, 2.75) is 194 Å². The zero-order valence-electron chi connectivity index (χ0n) is 29.0. The zero-order valence-corrected chi connectivity index (χ0v) is 29.0. The van der Waals surface area contributed by atoms with Crippen LogP contribution in [0.25, 0.3) is 0 Å². The summed E-state index contributed by atoms with van der Waals surface area (Å²) in [7, 11) is 4.11. The summed E-state index contributed by atoms with van der Waals surface area (Å²) in [4.78, 5) is 28.0. The minimum absolute atomic E-state index is 0.0206. The number of hydrogen-bond acceptors (Lipinski definition) is 5. The van der Waals surface area contributed by atoms with Crippen LogP contribution in [-0.2, 0) is 19.1 Å². The molecule has 2 atom stereocenters. The minimum Gasteiger partial charge on any atom is -0.462 e. The van der Waals surface area contributed by atoms with Crippen molar-refractivity contribution in [3.8, 4) is 0 Å². The molecule has 0 aromatic carbocycles. The summed E-state index contributed by atoms with van der Waals surface area (Å²) in [6.07, 6.45) is 29.4. The van der Waals surface area contributed by atoms with Gasteiger partial charge in [0.15, 0.2) is 0 Å². The molecule has 0 aliphatic rings. The number of carbonyl (C=O) groups excluding carboxylic acids is 2. The predicted octanol–water partition coefficient (Wildman–Crippen LogP) is 10.8. The topological polar surface area (TPSA) is 55.8 Å². The molecule has 5 heteroatoms. The van der Waals surface area contributed by atoms with Gasteiger partial charge < -0.3 is 14.4 Å². The molecule has 0 aliphatic carbocycles. The van der Waals surface area contributed by atoms with Crippen molar-refractivity contribution in [1.82, 2.24) is 4.90 Å². The number of ether oxygens (including phenoxy) is 2.